The van der Waals surface area contributed by atoms with Crippen molar-refractivity contribution in [1.82, 2.24) is 15.5 Å². The number of hydrogen-bond acceptors (Lipinski definition) is 5. The molecule has 1 N–H and O–H groups in total. The third kappa shape index (κ3) is 4.55. The lowest BCUT2D eigenvalue weighted by molar-refractivity contribution is 0.174. The Morgan fingerprint density at radius 1 is 1.22 bits per heavy atom. The Labute approximate surface area is 138 Å². The second kappa shape index (κ2) is 7.59. The first-order chi connectivity index (χ1) is 10.9. The van der Waals surface area contributed by atoms with E-state index in [1.54, 1.807) is 0 Å². The maximum Gasteiger partial charge on any atom is 0.267 e. The van der Waals surface area contributed by atoms with Gasteiger partial charge in [0.1, 0.15) is 5.75 Å². The number of benzene rings is 1. The maximum absolute atomic E-state index is 6.05. The molecule has 1 aromatic heterocycles. The van der Waals surface area contributed by atoms with Gasteiger partial charge >= 0.3 is 0 Å². The first-order valence-electron chi connectivity index (χ1n) is 8.17. The summed E-state index contributed by atoms with van der Waals surface area (Å²) in [5.41, 5.74) is 2.36. The van der Waals surface area contributed by atoms with Crippen molar-refractivity contribution in [2.45, 2.75) is 59.1 Å². The number of rotatable bonds is 7. The van der Waals surface area contributed by atoms with Gasteiger partial charge in [-0.2, -0.15) is 4.98 Å². The SMILES string of the molecule is CNC(C)Cc1noc(C(C)Oc2cc(C(C)C)ccc2C)n1. The van der Waals surface area contributed by atoms with E-state index in [0.29, 0.717) is 23.7 Å². The molecule has 2 rings (SSSR count). The van der Waals surface area contributed by atoms with Gasteiger partial charge in [0.25, 0.3) is 5.89 Å². The van der Waals surface area contributed by atoms with Gasteiger partial charge in [-0.15, -0.1) is 0 Å². The summed E-state index contributed by atoms with van der Waals surface area (Å²) < 4.78 is 11.4. The molecule has 5 heteroatoms. The zero-order valence-electron chi connectivity index (χ0n) is 14.9. The Morgan fingerprint density at radius 2 is 1.96 bits per heavy atom. The van der Waals surface area contributed by atoms with Crippen molar-refractivity contribution in [2.75, 3.05) is 7.05 Å². The van der Waals surface area contributed by atoms with E-state index in [9.17, 15) is 0 Å². The quantitative estimate of drug-likeness (QED) is 0.842. The van der Waals surface area contributed by atoms with Crippen LogP contribution < -0.4 is 10.1 Å². The highest BCUT2D eigenvalue weighted by molar-refractivity contribution is 5.38. The predicted molar refractivity (Wildman–Crippen MR) is 90.8 cm³/mol. The summed E-state index contributed by atoms with van der Waals surface area (Å²) in [6, 6.07) is 6.63. The minimum Gasteiger partial charge on any atom is -0.481 e. The van der Waals surface area contributed by atoms with Crippen LogP contribution >= 0.6 is 0 Å². The highest BCUT2D eigenvalue weighted by Gasteiger charge is 2.18. The monoisotopic (exact) mass is 317 g/mol. The third-order valence-electron chi connectivity index (χ3n) is 4.00. The molecule has 2 atom stereocenters. The van der Waals surface area contributed by atoms with E-state index >= 15 is 0 Å². The van der Waals surface area contributed by atoms with Gasteiger partial charge in [0, 0.05) is 12.5 Å². The smallest absolute Gasteiger partial charge is 0.267 e. The predicted octanol–water partition coefficient (Wildman–Crippen LogP) is 3.79. The minimum absolute atomic E-state index is 0.276. The first kappa shape index (κ1) is 17.5. The molecule has 0 aliphatic heterocycles. The molecular weight excluding hydrogens is 290 g/mol. The van der Waals surface area contributed by atoms with E-state index in [2.05, 4.69) is 54.4 Å². The van der Waals surface area contributed by atoms with E-state index < -0.39 is 0 Å². The van der Waals surface area contributed by atoms with E-state index in [-0.39, 0.29) is 6.10 Å². The van der Waals surface area contributed by atoms with Crippen molar-refractivity contribution in [2.24, 2.45) is 0 Å². The first-order valence-corrected chi connectivity index (χ1v) is 8.17. The largest absolute Gasteiger partial charge is 0.481 e. The zero-order valence-corrected chi connectivity index (χ0v) is 14.9. The van der Waals surface area contributed by atoms with Crippen LogP contribution in [0, 0.1) is 6.92 Å². The average molecular weight is 317 g/mol. The second-order valence-electron chi connectivity index (χ2n) is 6.38. The summed E-state index contributed by atoms with van der Waals surface area (Å²) in [6.45, 7) is 10.4. The topological polar surface area (TPSA) is 60.2 Å². The molecule has 5 nitrogen and oxygen atoms in total. The molecule has 1 aromatic carbocycles. The van der Waals surface area contributed by atoms with Crippen LogP contribution in [0.3, 0.4) is 0 Å². The number of aryl methyl sites for hydroxylation is 1. The molecule has 0 aliphatic rings. The van der Waals surface area contributed by atoms with Gasteiger partial charge in [-0.05, 0) is 50.9 Å². The molecule has 0 saturated heterocycles. The maximum atomic E-state index is 6.05. The van der Waals surface area contributed by atoms with Crippen molar-refractivity contribution in [3.63, 3.8) is 0 Å². The van der Waals surface area contributed by atoms with E-state index in [4.69, 9.17) is 9.26 Å². The lowest BCUT2D eigenvalue weighted by Gasteiger charge is -2.15. The van der Waals surface area contributed by atoms with E-state index in [1.807, 2.05) is 20.9 Å². The van der Waals surface area contributed by atoms with Crippen molar-refractivity contribution in [3.8, 4) is 5.75 Å². The normalized spacial score (nSPS) is 14.0. The van der Waals surface area contributed by atoms with Crippen LogP contribution in [0.5, 0.6) is 5.75 Å². The fourth-order valence-corrected chi connectivity index (χ4v) is 2.24. The number of nitrogens with zero attached hydrogens (tertiary/aromatic N) is 2. The van der Waals surface area contributed by atoms with Gasteiger partial charge < -0.3 is 14.6 Å². The van der Waals surface area contributed by atoms with Gasteiger partial charge in [-0.1, -0.05) is 31.1 Å². The average Bonchev–Trinajstić information content (AvgIpc) is 2.97. The number of likely N-dealkylation sites (N-methyl/N-ethyl adjacent to an activating group) is 1. The molecule has 0 amide bonds. The summed E-state index contributed by atoms with van der Waals surface area (Å²) in [5.74, 6) is 2.54. The van der Waals surface area contributed by atoms with Crippen LogP contribution in [0.15, 0.2) is 22.7 Å². The van der Waals surface area contributed by atoms with Crippen LogP contribution in [-0.4, -0.2) is 23.2 Å². The molecular formula is C18H27N3O2. The molecule has 23 heavy (non-hydrogen) atoms. The number of hydrogen-bond donors (Lipinski definition) is 1. The molecule has 1 heterocycles. The molecule has 0 bridgehead atoms. The highest BCUT2D eigenvalue weighted by atomic mass is 16.5. The van der Waals surface area contributed by atoms with Crippen LogP contribution in [0.2, 0.25) is 0 Å². The van der Waals surface area contributed by atoms with Gasteiger partial charge in [0.15, 0.2) is 11.9 Å². The molecule has 0 fully saturated rings. The summed E-state index contributed by atoms with van der Waals surface area (Å²) in [7, 11) is 1.92. The third-order valence-corrected chi connectivity index (χ3v) is 4.00. The highest BCUT2D eigenvalue weighted by Crippen LogP contribution is 2.28. The molecule has 0 spiro atoms. The Balaban J connectivity index is 2.10. The molecule has 126 valence electrons. The zero-order chi connectivity index (χ0) is 17.0. The fourth-order valence-electron chi connectivity index (χ4n) is 2.24. The molecule has 0 radical (unpaired) electrons. The number of aromatic nitrogens is 2. The minimum atomic E-state index is -0.276. The van der Waals surface area contributed by atoms with Crippen molar-refractivity contribution in [3.05, 3.63) is 41.0 Å². The number of nitrogens with one attached hydrogen (secondary N) is 1. The Morgan fingerprint density at radius 3 is 2.61 bits per heavy atom. The lowest BCUT2D eigenvalue weighted by Crippen LogP contribution is -2.24. The van der Waals surface area contributed by atoms with Gasteiger partial charge in [0.05, 0.1) is 0 Å². The summed E-state index contributed by atoms with van der Waals surface area (Å²) in [4.78, 5) is 4.44. The standard InChI is InChI=1S/C18H27N3O2/c1-11(2)15-8-7-12(3)16(10-15)22-14(5)18-20-17(21-23-18)9-13(4)19-6/h7-8,10-11,13-14,19H,9H2,1-6H3. The van der Waals surface area contributed by atoms with Crippen LogP contribution in [0.25, 0.3) is 0 Å². The fraction of sp³-hybridized carbons (Fsp3) is 0.556. The number of ether oxygens (including phenoxy) is 1. The summed E-state index contributed by atoms with van der Waals surface area (Å²) >= 11 is 0. The van der Waals surface area contributed by atoms with Crippen molar-refractivity contribution >= 4 is 0 Å². The van der Waals surface area contributed by atoms with Crippen LogP contribution in [-0.2, 0) is 6.42 Å². The van der Waals surface area contributed by atoms with Crippen LogP contribution in [0.1, 0.15) is 62.6 Å². The summed E-state index contributed by atoms with van der Waals surface area (Å²) in [6.07, 6.45) is 0.455. The van der Waals surface area contributed by atoms with Crippen molar-refractivity contribution in [1.29, 1.82) is 0 Å². The Kier molecular flexibility index (Phi) is 5.77. The molecule has 0 aliphatic carbocycles. The summed E-state index contributed by atoms with van der Waals surface area (Å²) in [5, 5.41) is 7.19. The lowest BCUT2D eigenvalue weighted by atomic mass is 10.0. The Hall–Kier alpha value is -1.88. The van der Waals surface area contributed by atoms with Gasteiger partial charge in [0.2, 0.25) is 0 Å². The van der Waals surface area contributed by atoms with E-state index in [0.717, 1.165) is 17.7 Å². The molecule has 0 saturated carbocycles. The van der Waals surface area contributed by atoms with Gasteiger partial charge in [-0.3, -0.25) is 0 Å². The van der Waals surface area contributed by atoms with Crippen molar-refractivity contribution < 1.29 is 9.26 Å². The Bertz CT molecular complexity index is 637. The van der Waals surface area contributed by atoms with E-state index in [1.165, 1.54) is 5.56 Å². The molecule has 2 unspecified atom stereocenters. The second-order valence-corrected chi connectivity index (χ2v) is 6.38. The molecule has 2 aromatic rings. The van der Waals surface area contributed by atoms with Crippen LogP contribution in [0.4, 0.5) is 0 Å². The van der Waals surface area contributed by atoms with Gasteiger partial charge in [-0.25, -0.2) is 0 Å².